The average molecular weight is 359 g/mol. The zero-order valence-corrected chi connectivity index (χ0v) is 15.5. The Bertz CT molecular complexity index is 587. The van der Waals surface area contributed by atoms with Crippen molar-refractivity contribution in [1.82, 2.24) is 5.32 Å². The summed E-state index contributed by atoms with van der Waals surface area (Å²) in [7, 11) is 0. The number of nitrogens with one attached hydrogen (secondary N) is 1. The normalized spacial score (nSPS) is 15.9. The molecule has 1 N–H and O–H groups in total. The summed E-state index contributed by atoms with van der Waals surface area (Å²) in [5.74, 6) is 0.0446. The van der Waals surface area contributed by atoms with Crippen LogP contribution in [0.4, 0.5) is 0 Å². The summed E-state index contributed by atoms with van der Waals surface area (Å²) in [4.78, 5) is 23.7. The summed E-state index contributed by atoms with van der Waals surface area (Å²) in [5, 5.41) is 2.98. The molecule has 142 valence electrons. The summed E-state index contributed by atoms with van der Waals surface area (Å²) < 4.78 is 10.4. The molecule has 1 aliphatic carbocycles. The number of esters is 1. The van der Waals surface area contributed by atoms with Crippen LogP contribution in [0.15, 0.2) is 30.3 Å². The van der Waals surface area contributed by atoms with Crippen molar-refractivity contribution in [2.24, 2.45) is 0 Å². The smallest absolute Gasteiger partial charge is 0.331 e. The first-order valence-corrected chi connectivity index (χ1v) is 9.54. The summed E-state index contributed by atoms with van der Waals surface area (Å²) in [6.07, 6.45) is 11.1. The average Bonchev–Trinajstić information content (AvgIpc) is 2.62. The summed E-state index contributed by atoms with van der Waals surface area (Å²) in [6, 6.07) is 7.61. The van der Waals surface area contributed by atoms with Gasteiger partial charge in [0.15, 0.2) is 6.61 Å². The van der Waals surface area contributed by atoms with E-state index in [2.05, 4.69) is 5.32 Å². The van der Waals surface area contributed by atoms with Crippen LogP contribution in [-0.4, -0.2) is 31.1 Å². The number of hydrogen-bond donors (Lipinski definition) is 1. The molecular weight excluding hydrogens is 330 g/mol. The third-order valence-corrected chi connectivity index (χ3v) is 4.42. The SMILES string of the molecule is CCOc1ccc(/C=C/C(=O)OCC(=O)NC2CCCCCCC2)cc1. The predicted octanol–water partition coefficient (Wildman–Crippen LogP) is 3.87. The molecule has 0 unspecified atom stereocenters. The Labute approximate surface area is 155 Å². The third kappa shape index (κ3) is 7.72. The first-order valence-electron chi connectivity index (χ1n) is 9.54. The molecule has 2 rings (SSSR count). The van der Waals surface area contributed by atoms with Gasteiger partial charge in [-0.3, -0.25) is 4.79 Å². The van der Waals surface area contributed by atoms with E-state index in [1.165, 1.54) is 25.3 Å². The fraction of sp³-hybridized carbons (Fsp3) is 0.524. The van der Waals surface area contributed by atoms with Gasteiger partial charge < -0.3 is 14.8 Å². The van der Waals surface area contributed by atoms with Gasteiger partial charge in [-0.2, -0.15) is 0 Å². The minimum atomic E-state index is -0.522. The van der Waals surface area contributed by atoms with E-state index in [9.17, 15) is 9.59 Å². The fourth-order valence-corrected chi connectivity index (χ4v) is 3.06. The lowest BCUT2D eigenvalue weighted by Gasteiger charge is -2.20. The highest BCUT2D eigenvalue weighted by Crippen LogP contribution is 2.17. The van der Waals surface area contributed by atoms with Crippen LogP contribution >= 0.6 is 0 Å². The molecule has 1 aliphatic rings. The molecule has 0 atom stereocenters. The van der Waals surface area contributed by atoms with Crippen LogP contribution in [0.5, 0.6) is 5.75 Å². The van der Waals surface area contributed by atoms with E-state index < -0.39 is 5.97 Å². The van der Waals surface area contributed by atoms with Crippen LogP contribution in [0.25, 0.3) is 6.08 Å². The van der Waals surface area contributed by atoms with Crippen LogP contribution in [0, 0.1) is 0 Å². The third-order valence-electron chi connectivity index (χ3n) is 4.42. The number of hydrogen-bond acceptors (Lipinski definition) is 4. The molecule has 0 bridgehead atoms. The number of rotatable bonds is 7. The fourth-order valence-electron chi connectivity index (χ4n) is 3.06. The van der Waals surface area contributed by atoms with E-state index in [1.54, 1.807) is 6.08 Å². The Morgan fingerprint density at radius 1 is 1.08 bits per heavy atom. The second kappa shape index (κ2) is 11.3. The van der Waals surface area contributed by atoms with Gasteiger partial charge in [-0.05, 0) is 43.5 Å². The number of ether oxygens (including phenoxy) is 2. The molecule has 1 saturated carbocycles. The van der Waals surface area contributed by atoms with E-state index in [0.29, 0.717) is 6.61 Å². The first kappa shape index (κ1) is 20.0. The van der Waals surface area contributed by atoms with E-state index in [-0.39, 0.29) is 18.6 Å². The quantitative estimate of drug-likeness (QED) is 0.593. The minimum absolute atomic E-state index is 0.209. The van der Waals surface area contributed by atoms with Gasteiger partial charge in [0.1, 0.15) is 5.75 Å². The van der Waals surface area contributed by atoms with Crippen LogP contribution in [0.1, 0.15) is 57.4 Å². The van der Waals surface area contributed by atoms with Gasteiger partial charge in [-0.15, -0.1) is 0 Å². The Hall–Kier alpha value is -2.30. The molecule has 0 aromatic heterocycles. The zero-order valence-electron chi connectivity index (χ0n) is 15.5. The van der Waals surface area contributed by atoms with Crippen molar-refractivity contribution >= 4 is 18.0 Å². The highest BCUT2D eigenvalue weighted by Gasteiger charge is 2.14. The standard InChI is InChI=1S/C21H29NO4/c1-2-25-19-13-10-17(11-14-19)12-15-21(24)26-16-20(23)22-18-8-6-4-3-5-7-9-18/h10-15,18H,2-9,16H2,1H3,(H,22,23)/b15-12+. The van der Waals surface area contributed by atoms with E-state index in [0.717, 1.165) is 37.0 Å². The van der Waals surface area contributed by atoms with Crippen molar-refractivity contribution in [1.29, 1.82) is 0 Å². The lowest BCUT2D eigenvalue weighted by atomic mass is 9.97. The second-order valence-corrected chi connectivity index (χ2v) is 6.55. The monoisotopic (exact) mass is 359 g/mol. The molecule has 5 nitrogen and oxygen atoms in total. The van der Waals surface area contributed by atoms with E-state index in [4.69, 9.17) is 9.47 Å². The molecule has 0 radical (unpaired) electrons. The zero-order chi connectivity index (χ0) is 18.6. The van der Waals surface area contributed by atoms with Crippen LogP contribution in [0.2, 0.25) is 0 Å². The highest BCUT2D eigenvalue weighted by atomic mass is 16.5. The van der Waals surface area contributed by atoms with Gasteiger partial charge in [0, 0.05) is 12.1 Å². The lowest BCUT2D eigenvalue weighted by Crippen LogP contribution is -2.37. The molecule has 1 amide bonds. The number of carbonyl (C=O) groups excluding carboxylic acids is 2. The Morgan fingerprint density at radius 3 is 2.38 bits per heavy atom. The predicted molar refractivity (Wildman–Crippen MR) is 102 cm³/mol. The van der Waals surface area contributed by atoms with Gasteiger partial charge in [-0.25, -0.2) is 4.79 Å². The molecule has 1 aromatic carbocycles. The van der Waals surface area contributed by atoms with Crippen molar-refractivity contribution in [3.63, 3.8) is 0 Å². The van der Waals surface area contributed by atoms with Crippen molar-refractivity contribution in [3.05, 3.63) is 35.9 Å². The van der Waals surface area contributed by atoms with Crippen molar-refractivity contribution in [2.75, 3.05) is 13.2 Å². The van der Waals surface area contributed by atoms with E-state index in [1.807, 2.05) is 31.2 Å². The molecule has 0 saturated heterocycles. The van der Waals surface area contributed by atoms with Crippen molar-refractivity contribution in [3.8, 4) is 5.75 Å². The number of carbonyl (C=O) groups is 2. The molecule has 0 spiro atoms. The van der Waals surface area contributed by atoms with Gasteiger partial charge >= 0.3 is 5.97 Å². The maximum atomic E-state index is 12.0. The Balaban J connectivity index is 1.70. The summed E-state index contributed by atoms with van der Waals surface area (Å²) in [6.45, 7) is 2.31. The molecule has 26 heavy (non-hydrogen) atoms. The van der Waals surface area contributed by atoms with Crippen LogP contribution < -0.4 is 10.1 Å². The second-order valence-electron chi connectivity index (χ2n) is 6.55. The topological polar surface area (TPSA) is 64.6 Å². The van der Waals surface area contributed by atoms with Crippen molar-refractivity contribution in [2.45, 2.75) is 57.9 Å². The number of benzene rings is 1. The molecule has 1 aromatic rings. The van der Waals surface area contributed by atoms with Crippen LogP contribution in [0.3, 0.4) is 0 Å². The maximum absolute atomic E-state index is 12.0. The molecule has 0 aliphatic heterocycles. The van der Waals surface area contributed by atoms with Gasteiger partial charge in [0.25, 0.3) is 5.91 Å². The van der Waals surface area contributed by atoms with Gasteiger partial charge in [0.05, 0.1) is 6.61 Å². The largest absolute Gasteiger partial charge is 0.494 e. The molecule has 1 fully saturated rings. The summed E-state index contributed by atoms with van der Waals surface area (Å²) >= 11 is 0. The van der Waals surface area contributed by atoms with Gasteiger partial charge in [0.2, 0.25) is 0 Å². The highest BCUT2D eigenvalue weighted by molar-refractivity contribution is 5.89. The molecule has 0 heterocycles. The Morgan fingerprint density at radius 2 is 1.73 bits per heavy atom. The van der Waals surface area contributed by atoms with Gasteiger partial charge in [-0.1, -0.05) is 44.2 Å². The maximum Gasteiger partial charge on any atom is 0.331 e. The Kier molecular flexibility index (Phi) is 8.73. The first-order chi connectivity index (χ1) is 12.7. The number of amides is 1. The van der Waals surface area contributed by atoms with Crippen molar-refractivity contribution < 1.29 is 19.1 Å². The van der Waals surface area contributed by atoms with Crippen LogP contribution in [-0.2, 0) is 14.3 Å². The lowest BCUT2D eigenvalue weighted by molar-refractivity contribution is -0.144. The molecular formula is C21H29NO4. The van der Waals surface area contributed by atoms with E-state index >= 15 is 0 Å². The summed E-state index contributed by atoms with van der Waals surface area (Å²) in [5.41, 5.74) is 0.865. The minimum Gasteiger partial charge on any atom is -0.494 e. The molecule has 5 heteroatoms.